The van der Waals surface area contributed by atoms with Crippen LogP contribution in [0.25, 0.3) is 0 Å². The molecule has 28 heavy (non-hydrogen) atoms. The molecule has 0 bridgehead atoms. The van der Waals surface area contributed by atoms with Crippen LogP contribution in [0.15, 0.2) is 11.6 Å². The van der Waals surface area contributed by atoms with E-state index in [9.17, 15) is 5.11 Å². The lowest BCUT2D eigenvalue weighted by Gasteiger charge is -2.59. The fraction of sp³-hybridized carbons (Fsp3) is 0.926. The first kappa shape index (κ1) is 21.0. The third-order valence-corrected chi connectivity index (χ3v) is 10.3. The Morgan fingerprint density at radius 2 is 1.71 bits per heavy atom. The molecule has 4 aliphatic carbocycles. The van der Waals surface area contributed by atoms with Crippen molar-refractivity contribution >= 4 is 0 Å². The van der Waals surface area contributed by atoms with E-state index < -0.39 is 0 Å². The quantitative estimate of drug-likeness (QED) is 0.488. The Kier molecular flexibility index (Phi) is 5.80. The van der Waals surface area contributed by atoms with E-state index in [0.29, 0.717) is 10.8 Å². The van der Waals surface area contributed by atoms with E-state index in [1.165, 1.54) is 57.8 Å². The van der Waals surface area contributed by atoms with Gasteiger partial charge in [0.25, 0.3) is 0 Å². The molecule has 0 radical (unpaired) electrons. The fourth-order valence-electron chi connectivity index (χ4n) is 8.54. The number of allylic oxidation sites excluding steroid dienone is 1. The normalized spacial score (nSPS) is 46.5. The third kappa shape index (κ3) is 3.42. The Bertz CT molecular complexity index is 591. The van der Waals surface area contributed by atoms with Crippen LogP contribution in [-0.2, 0) is 0 Å². The zero-order valence-corrected chi connectivity index (χ0v) is 19.3. The highest BCUT2D eigenvalue weighted by molar-refractivity contribution is 5.25. The van der Waals surface area contributed by atoms with Crippen LogP contribution in [-0.4, -0.2) is 11.2 Å². The van der Waals surface area contributed by atoms with Crippen LogP contribution in [0.3, 0.4) is 0 Å². The summed E-state index contributed by atoms with van der Waals surface area (Å²) in [5.41, 5.74) is 2.57. The second-order valence-electron chi connectivity index (χ2n) is 12.2. The highest BCUT2D eigenvalue weighted by Gasteiger charge is 2.59. The molecule has 0 aromatic heterocycles. The molecule has 0 aromatic carbocycles. The summed E-state index contributed by atoms with van der Waals surface area (Å²) in [6.45, 7) is 12.6. The zero-order chi connectivity index (χ0) is 20.1. The minimum Gasteiger partial charge on any atom is -0.393 e. The molecule has 8 atom stereocenters. The Morgan fingerprint density at radius 3 is 2.46 bits per heavy atom. The lowest BCUT2D eigenvalue weighted by Crippen LogP contribution is -2.51. The van der Waals surface area contributed by atoms with Crippen molar-refractivity contribution in [2.75, 3.05) is 0 Å². The second-order valence-corrected chi connectivity index (χ2v) is 12.2. The molecule has 3 saturated carbocycles. The van der Waals surface area contributed by atoms with Gasteiger partial charge in [-0.25, -0.2) is 0 Å². The maximum absolute atomic E-state index is 10.2. The van der Waals surface area contributed by atoms with Crippen LogP contribution in [0.4, 0.5) is 0 Å². The van der Waals surface area contributed by atoms with Gasteiger partial charge in [-0.1, -0.05) is 65.5 Å². The van der Waals surface area contributed by atoms with Gasteiger partial charge in [0.1, 0.15) is 0 Å². The molecule has 4 aliphatic rings. The van der Waals surface area contributed by atoms with Crippen LogP contribution in [0.5, 0.6) is 0 Å². The average Bonchev–Trinajstić information content (AvgIpc) is 2.99. The number of aliphatic hydroxyl groups excluding tert-OH is 1. The van der Waals surface area contributed by atoms with Gasteiger partial charge in [0.15, 0.2) is 0 Å². The lowest BCUT2D eigenvalue weighted by atomic mass is 9.46. The zero-order valence-electron chi connectivity index (χ0n) is 19.3. The molecule has 0 amide bonds. The lowest BCUT2D eigenvalue weighted by molar-refractivity contribution is -0.0635. The molecule has 0 aromatic rings. The summed E-state index contributed by atoms with van der Waals surface area (Å²) in [4.78, 5) is 0. The molecule has 1 nitrogen and oxygen atoms in total. The first-order chi connectivity index (χ1) is 13.3. The Hall–Kier alpha value is -0.300. The first-order valence-electron chi connectivity index (χ1n) is 12.6. The van der Waals surface area contributed by atoms with Crippen molar-refractivity contribution in [2.45, 2.75) is 111 Å². The van der Waals surface area contributed by atoms with Crippen LogP contribution in [0.1, 0.15) is 105 Å². The molecule has 0 spiro atoms. The van der Waals surface area contributed by atoms with Gasteiger partial charge in [-0.15, -0.1) is 0 Å². The number of hydrogen-bond donors (Lipinski definition) is 1. The number of fused-ring (bicyclic) bond motifs is 5. The monoisotopic (exact) mass is 386 g/mol. The number of rotatable bonds is 5. The fourth-order valence-corrected chi connectivity index (χ4v) is 8.54. The summed E-state index contributed by atoms with van der Waals surface area (Å²) >= 11 is 0. The van der Waals surface area contributed by atoms with E-state index in [4.69, 9.17) is 0 Å². The molecule has 0 saturated heterocycles. The van der Waals surface area contributed by atoms with Crippen molar-refractivity contribution < 1.29 is 5.11 Å². The largest absolute Gasteiger partial charge is 0.393 e. The van der Waals surface area contributed by atoms with Crippen LogP contribution in [0, 0.1) is 46.3 Å². The van der Waals surface area contributed by atoms with Crippen molar-refractivity contribution in [3.8, 4) is 0 Å². The molecular weight excluding hydrogens is 340 g/mol. The van der Waals surface area contributed by atoms with Crippen molar-refractivity contribution in [1.29, 1.82) is 0 Å². The molecule has 0 heterocycles. The first-order valence-corrected chi connectivity index (χ1v) is 12.6. The standard InChI is InChI=1S/C27H46O/c1-18(2)7-6-8-19(3)22-14-16-27(5)23(22)11-12-24-25(27)10-9-20-17-21(28)13-15-26(20,24)4/h9,18-19,21-25,28H,6-8,10-17H2,1-5H3. The van der Waals surface area contributed by atoms with E-state index >= 15 is 0 Å². The van der Waals surface area contributed by atoms with Gasteiger partial charge in [0.2, 0.25) is 0 Å². The molecular formula is C27H46O. The number of hydrogen-bond acceptors (Lipinski definition) is 1. The summed E-state index contributed by atoms with van der Waals surface area (Å²) in [6.07, 6.45) is 17.2. The van der Waals surface area contributed by atoms with E-state index in [2.05, 4.69) is 40.7 Å². The number of aliphatic hydroxyl groups is 1. The van der Waals surface area contributed by atoms with Gasteiger partial charge in [-0.2, -0.15) is 0 Å². The molecule has 4 rings (SSSR count). The minimum absolute atomic E-state index is 0.0784. The van der Waals surface area contributed by atoms with E-state index in [0.717, 1.165) is 48.3 Å². The smallest absolute Gasteiger partial charge is 0.0577 e. The predicted octanol–water partition coefficient (Wildman–Crippen LogP) is 7.39. The van der Waals surface area contributed by atoms with Gasteiger partial charge < -0.3 is 5.11 Å². The summed E-state index contributed by atoms with van der Waals surface area (Å²) in [5.74, 6) is 5.48. The van der Waals surface area contributed by atoms with Crippen molar-refractivity contribution in [3.05, 3.63) is 11.6 Å². The molecule has 3 fully saturated rings. The van der Waals surface area contributed by atoms with E-state index in [-0.39, 0.29) is 6.10 Å². The van der Waals surface area contributed by atoms with Gasteiger partial charge in [0.05, 0.1) is 6.10 Å². The van der Waals surface area contributed by atoms with Crippen molar-refractivity contribution in [1.82, 2.24) is 0 Å². The van der Waals surface area contributed by atoms with Crippen LogP contribution < -0.4 is 0 Å². The van der Waals surface area contributed by atoms with Gasteiger partial charge >= 0.3 is 0 Å². The Morgan fingerprint density at radius 1 is 0.964 bits per heavy atom. The summed E-state index contributed by atoms with van der Waals surface area (Å²) in [5, 5.41) is 10.2. The summed E-state index contributed by atoms with van der Waals surface area (Å²) < 4.78 is 0. The average molecular weight is 387 g/mol. The summed E-state index contributed by atoms with van der Waals surface area (Å²) in [6, 6.07) is 0. The predicted molar refractivity (Wildman–Crippen MR) is 119 cm³/mol. The molecule has 8 unspecified atom stereocenters. The minimum atomic E-state index is -0.0784. The van der Waals surface area contributed by atoms with E-state index in [1.807, 2.05) is 0 Å². The highest BCUT2D eigenvalue weighted by atomic mass is 16.3. The second kappa shape index (κ2) is 7.75. The third-order valence-electron chi connectivity index (χ3n) is 10.3. The summed E-state index contributed by atoms with van der Waals surface area (Å²) in [7, 11) is 0. The Labute approximate surface area is 174 Å². The van der Waals surface area contributed by atoms with Gasteiger partial charge in [-0.05, 0) is 97.7 Å². The molecule has 0 aliphatic heterocycles. The van der Waals surface area contributed by atoms with Crippen LogP contribution >= 0.6 is 0 Å². The maximum atomic E-state index is 10.2. The van der Waals surface area contributed by atoms with Gasteiger partial charge in [0, 0.05) is 0 Å². The van der Waals surface area contributed by atoms with E-state index in [1.54, 1.807) is 5.57 Å². The maximum Gasteiger partial charge on any atom is 0.0577 e. The van der Waals surface area contributed by atoms with Crippen LogP contribution in [0.2, 0.25) is 0 Å². The Balaban J connectivity index is 1.49. The topological polar surface area (TPSA) is 20.2 Å². The van der Waals surface area contributed by atoms with Crippen molar-refractivity contribution in [3.63, 3.8) is 0 Å². The highest BCUT2D eigenvalue weighted by Crippen LogP contribution is 2.67. The molecule has 1 N–H and O–H groups in total. The van der Waals surface area contributed by atoms with Gasteiger partial charge in [-0.3, -0.25) is 0 Å². The molecule has 1 heteroatoms. The molecule has 160 valence electrons. The van der Waals surface area contributed by atoms with Crippen molar-refractivity contribution in [2.24, 2.45) is 46.3 Å². The SMILES string of the molecule is CC(C)CCCC(C)C1CCC2(C)C1CCC1C2CC=C2CC(O)CCC21C.